The minimum absolute atomic E-state index is 0.577. The highest BCUT2D eigenvalue weighted by Gasteiger charge is 2.13. The van der Waals surface area contributed by atoms with E-state index >= 15 is 0 Å². The van der Waals surface area contributed by atoms with Crippen LogP contribution < -0.4 is 10.6 Å². The van der Waals surface area contributed by atoms with Crippen molar-refractivity contribution in [3.8, 4) is 0 Å². The predicted octanol–water partition coefficient (Wildman–Crippen LogP) is 2.41. The molecule has 2 N–H and O–H groups in total. The molecule has 0 fully saturated rings. The van der Waals surface area contributed by atoms with Gasteiger partial charge in [-0.25, -0.2) is 15.0 Å². The first kappa shape index (κ1) is 13.7. The molecule has 0 aromatic carbocycles. The number of rotatable bonds is 5. The summed E-state index contributed by atoms with van der Waals surface area (Å²) < 4.78 is 0. The standard InChI is InChI=1S/C13H19N5S/c1-4-5-11-12(14)15-8-16-13(11)18(3)6-10-7-19-9(2)17-10/h7-8H,4-6H2,1-3H3,(H2,14,15,16). The Kier molecular flexibility index (Phi) is 4.31. The summed E-state index contributed by atoms with van der Waals surface area (Å²) in [5, 5.41) is 3.16. The van der Waals surface area contributed by atoms with Gasteiger partial charge in [0.25, 0.3) is 0 Å². The van der Waals surface area contributed by atoms with Crippen molar-refractivity contribution >= 4 is 23.0 Å². The Bertz CT molecular complexity index is 552. The van der Waals surface area contributed by atoms with Gasteiger partial charge in [-0.3, -0.25) is 0 Å². The van der Waals surface area contributed by atoms with Gasteiger partial charge in [-0.05, 0) is 13.3 Å². The molecule has 0 aliphatic heterocycles. The minimum Gasteiger partial charge on any atom is -0.383 e. The summed E-state index contributed by atoms with van der Waals surface area (Å²) in [4.78, 5) is 15.0. The predicted molar refractivity (Wildman–Crippen MR) is 79.4 cm³/mol. The summed E-state index contributed by atoms with van der Waals surface area (Å²) in [6, 6.07) is 0. The molecule has 0 aliphatic carbocycles. The third kappa shape index (κ3) is 3.20. The Hall–Kier alpha value is -1.69. The number of hydrogen-bond donors (Lipinski definition) is 1. The zero-order valence-corrected chi connectivity index (χ0v) is 12.4. The van der Waals surface area contributed by atoms with Crippen molar-refractivity contribution in [2.75, 3.05) is 17.7 Å². The maximum atomic E-state index is 5.95. The van der Waals surface area contributed by atoms with Gasteiger partial charge in [-0.2, -0.15) is 0 Å². The van der Waals surface area contributed by atoms with Gasteiger partial charge in [0.2, 0.25) is 0 Å². The number of aryl methyl sites for hydroxylation is 1. The van der Waals surface area contributed by atoms with Crippen molar-refractivity contribution in [1.82, 2.24) is 15.0 Å². The number of anilines is 2. The summed E-state index contributed by atoms with van der Waals surface area (Å²) in [7, 11) is 2.01. The molecule has 2 rings (SSSR count). The monoisotopic (exact) mass is 277 g/mol. The van der Waals surface area contributed by atoms with Gasteiger partial charge < -0.3 is 10.6 Å². The lowest BCUT2D eigenvalue weighted by Crippen LogP contribution is -2.20. The van der Waals surface area contributed by atoms with Crippen LogP contribution in [0, 0.1) is 6.92 Å². The topological polar surface area (TPSA) is 67.9 Å². The molecule has 0 bridgehead atoms. The number of thiazole rings is 1. The maximum absolute atomic E-state index is 5.95. The van der Waals surface area contributed by atoms with Gasteiger partial charge in [0.05, 0.1) is 17.2 Å². The van der Waals surface area contributed by atoms with Crippen molar-refractivity contribution in [3.63, 3.8) is 0 Å². The van der Waals surface area contributed by atoms with Crippen molar-refractivity contribution in [2.24, 2.45) is 0 Å². The Labute approximate surface area is 117 Å². The minimum atomic E-state index is 0.577. The highest BCUT2D eigenvalue weighted by atomic mass is 32.1. The van der Waals surface area contributed by atoms with Crippen molar-refractivity contribution in [3.05, 3.63) is 28.0 Å². The lowest BCUT2D eigenvalue weighted by atomic mass is 10.1. The van der Waals surface area contributed by atoms with Crippen molar-refractivity contribution in [1.29, 1.82) is 0 Å². The lowest BCUT2D eigenvalue weighted by Gasteiger charge is -2.20. The Morgan fingerprint density at radius 1 is 1.37 bits per heavy atom. The Morgan fingerprint density at radius 2 is 2.16 bits per heavy atom. The van der Waals surface area contributed by atoms with Crippen LogP contribution in [0.25, 0.3) is 0 Å². The van der Waals surface area contributed by atoms with E-state index in [1.807, 2.05) is 14.0 Å². The molecule has 0 spiro atoms. The number of nitrogen functional groups attached to an aromatic ring is 1. The molecular weight excluding hydrogens is 258 g/mol. The van der Waals surface area contributed by atoms with Crippen LogP contribution in [-0.4, -0.2) is 22.0 Å². The zero-order valence-electron chi connectivity index (χ0n) is 11.6. The van der Waals surface area contributed by atoms with Gasteiger partial charge in [0.1, 0.15) is 18.0 Å². The van der Waals surface area contributed by atoms with E-state index < -0.39 is 0 Å². The molecule has 0 saturated heterocycles. The van der Waals surface area contributed by atoms with Gasteiger partial charge in [0, 0.05) is 18.0 Å². The van der Waals surface area contributed by atoms with Gasteiger partial charge >= 0.3 is 0 Å². The SMILES string of the molecule is CCCc1c(N)ncnc1N(C)Cc1csc(C)n1. The van der Waals surface area contributed by atoms with E-state index in [2.05, 4.69) is 32.2 Å². The summed E-state index contributed by atoms with van der Waals surface area (Å²) in [5.74, 6) is 1.48. The molecule has 2 heterocycles. The molecule has 0 unspecified atom stereocenters. The summed E-state index contributed by atoms with van der Waals surface area (Å²) in [6.07, 6.45) is 3.43. The number of hydrogen-bond acceptors (Lipinski definition) is 6. The molecular formula is C13H19N5S. The number of aromatic nitrogens is 3. The van der Waals surface area contributed by atoms with Crippen LogP contribution in [0.4, 0.5) is 11.6 Å². The fourth-order valence-corrected chi connectivity index (χ4v) is 2.64. The molecule has 102 valence electrons. The third-order valence-electron chi connectivity index (χ3n) is 2.88. The first-order valence-corrected chi connectivity index (χ1v) is 7.21. The van der Waals surface area contributed by atoms with Crippen LogP contribution in [0.2, 0.25) is 0 Å². The molecule has 6 heteroatoms. The second kappa shape index (κ2) is 5.97. The van der Waals surface area contributed by atoms with Crippen LogP contribution in [0.3, 0.4) is 0 Å². The summed E-state index contributed by atoms with van der Waals surface area (Å²) in [5.41, 5.74) is 8.04. The average Bonchev–Trinajstić information content (AvgIpc) is 2.77. The molecule has 0 aliphatic rings. The number of nitrogens with two attached hydrogens (primary N) is 1. The summed E-state index contributed by atoms with van der Waals surface area (Å²) >= 11 is 1.66. The van der Waals surface area contributed by atoms with E-state index in [1.54, 1.807) is 11.3 Å². The van der Waals surface area contributed by atoms with Gasteiger partial charge in [-0.1, -0.05) is 13.3 Å². The molecule has 0 radical (unpaired) electrons. The van der Waals surface area contributed by atoms with Crippen LogP contribution in [0.1, 0.15) is 29.6 Å². The van der Waals surface area contributed by atoms with E-state index in [1.165, 1.54) is 6.33 Å². The van der Waals surface area contributed by atoms with Crippen LogP contribution in [0.5, 0.6) is 0 Å². The third-order valence-corrected chi connectivity index (χ3v) is 3.71. The normalized spacial score (nSPS) is 10.7. The quantitative estimate of drug-likeness (QED) is 0.909. The van der Waals surface area contributed by atoms with Crippen molar-refractivity contribution < 1.29 is 0 Å². The largest absolute Gasteiger partial charge is 0.383 e. The maximum Gasteiger partial charge on any atom is 0.137 e. The van der Waals surface area contributed by atoms with E-state index in [0.717, 1.165) is 41.5 Å². The smallest absolute Gasteiger partial charge is 0.137 e. The van der Waals surface area contributed by atoms with Crippen LogP contribution >= 0.6 is 11.3 Å². The van der Waals surface area contributed by atoms with Crippen LogP contribution in [0.15, 0.2) is 11.7 Å². The molecule has 0 atom stereocenters. The molecule has 5 nitrogen and oxygen atoms in total. The van der Waals surface area contributed by atoms with Gasteiger partial charge in [0.15, 0.2) is 0 Å². The highest BCUT2D eigenvalue weighted by molar-refractivity contribution is 7.09. The average molecular weight is 277 g/mol. The summed E-state index contributed by atoms with van der Waals surface area (Å²) in [6.45, 7) is 4.87. The van der Waals surface area contributed by atoms with Crippen LogP contribution in [-0.2, 0) is 13.0 Å². The van der Waals surface area contributed by atoms with E-state index in [9.17, 15) is 0 Å². The van der Waals surface area contributed by atoms with E-state index in [4.69, 9.17) is 5.73 Å². The van der Waals surface area contributed by atoms with Gasteiger partial charge in [-0.15, -0.1) is 11.3 Å². The van der Waals surface area contributed by atoms with E-state index in [-0.39, 0.29) is 0 Å². The Morgan fingerprint density at radius 3 is 2.79 bits per heavy atom. The second-order valence-corrected chi connectivity index (χ2v) is 5.59. The second-order valence-electron chi connectivity index (χ2n) is 4.52. The zero-order chi connectivity index (χ0) is 13.8. The first-order chi connectivity index (χ1) is 9.11. The molecule has 2 aromatic rings. The van der Waals surface area contributed by atoms with E-state index in [0.29, 0.717) is 5.82 Å². The fourth-order valence-electron chi connectivity index (χ4n) is 2.03. The lowest BCUT2D eigenvalue weighted by molar-refractivity contribution is 0.832. The molecule has 19 heavy (non-hydrogen) atoms. The molecule has 2 aromatic heterocycles. The molecule has 0 amide bonds. The molecule has 0 saturated carbocycles. The Balaban J connectivity index is 2.23. The first-order valence-electron chi connectivity index (χ1n) is 6.33. The number of nitrogens with zero attached hydrogens (tertiary/aromatic N) is 4. The highest BCUT2D eigenvalue weighted by Crippen LogP contribution is 2.23. The van der Waals surface area contributed by atoms with Crippen molar-refractivity contribution in [2.45, 2.75) is 33.2 Å². The fraction of sp³-hybridized carbons (Fsp3) is 0.462.